The van der Waals surface area contributed by atoms with Crippen molar-refractivity contribution in [3.8, 4) is 5.75 Å². The average Bonchev–Trinajstić information content (AvgIpc) is 2.41. The van der Waals surface area contributed by atoms with Crippen LogP contribution in [-0.4, -0.2) is 17.7 Å². The summed E-state index contributed by atoms with van der Waals surface area (Å²) >= 11 is 5.97. The molecule has 0 fully saturated rings. The molecule has 0 bridgehead atoms. The third kappa shape index (κ3) is 3.73. The average molecular weight is 277 g/mol. The highest BCUT2D eigenvalue weighted by Gasteiger charge is 2.07. The van der Waals surface area contributed by atoms with Crippen LogP contribution >= 0.6 is 11.6 Å². The van der Waals surface area contributed by atoms with Gasteiger partial charge in [0.2, 0.25) is 0 Å². The van der Waals surface area contributed by atoms with E-state index in [4.69, 9.17) is 21.4 Å². The fraction of sp³-hybridized carbons (Fsp3) is 0.133. The molecular formula is C15H13ClO3. The normalized spacial score (nSPS) is 10.2. The van der Waals surface area contributed by atoms with E-state index in [0.29, 0.717) is 17.4 Å². The van der Waals surface area contributed by atoms with Crippen LogP contribution < -0.4 is 4.74 Å². The van der Waals surface area contributed by atoms with Gasteiger partial charge >= 0.3 is 5.97 Å². The van der Waals surface area contributed by atoms with Gasteiger partial charge in [-0.25, -0.2) is 4.79 Å². The van der Waals surface area contributed by atoms with E-state index in [1.54, 1.807) is 6.07 Å². The first-order chi connectivity index (χ1) is 9.16. The highest BCUT2D eigenvalue weighted by atomic mass is 35.5. The predicted octanol–water partition coefficient (Wildman–Crippen LogP) is 3.66. The van der Waals surface area contributed by atoms with Crippen LogP contribution in [0.15, 0.2) is 48.5 Å². The second kappa shape index (κ2) is 6.25. The Morgan fingerprint density at radius 1 is 1.16 bits per heavy atom. The van der Waals surface area contributed by atoms with Crippen molar-refractivity contribution >= 4 is 17.6 Å². The highest BCUT2D eigenvalue weighted by molar-refractivity contribution is 6.32. The molecule has 19 heavy (non-hydrogen) atoms. The number of halogens is 1. The van der Waals surface area contributed by atoms with Crippen molar-refractivity contribution in [2.24, 2.45) is 0 Å². The van der Waals surface area contributed by atoms with Crippen LogP contribution in [0.25, 0.3) is 0 Å². The number of carbonyl (C=O) groups is 1. The van der Waals surface area contributed by atoms with Gasteiger partial charge in [-0.2, -0.15) is 0 Å². The molecule has 3 nitrogen and oxygen atoms in total. The molecule has 0 aliphatic rings. The molecular weight excluding hydrogens is 264 g/mol. The smallest absolute Gasteiger partial charge is 0.335 e. The third-order valence-corrected chi connectivity index (χ3v) is 2.97. The summed E-state index contributed by atoms with van der Waals surface area (Å²) in [4.78, 5) is 10.8. The van der Waals surface area contributed by atoms with E-state index in [1.807, 2.05) is 30.3 Å². The zero-order valence-electron chi connectivity index (χ0n) is 10.2. The van der Waals surface area contributed by atoms with Crippen molar-refractivity contribution in [3.05, 3.63) is 64.7 Å². The molecule has 0 aliphatic heterocycles. The van der Waals surface area contributed by atoms with Crippen LogP contribution in [0, 0.1) is 0 Å². The van der Waals surface area contributed by atoms with E-state index in [2.05, 4.69) is 0 Å². The van der Waals surface area contributed by atoms with E-state index < -0.39 is 5.97 Å². The Bertz CT molecular complexity index is 567. The quantitative estimate of drug-likeness (QED) is 0.906. The lowest BCUT2D eigenvalue weighted by Crippen LogP contribution is -2.02. The number of benzene rings is 2. The summed E-state index contributed by atoms with van der Waals surface area (Å²) in [5, 5.41) is 9.14. The van der Waals surface area contributed by atoms with E-state index in [9.17, 15) is 4.79 Å². The molecule has 0 atom stereocenters. The Morgan fingerprint density at radius 2 is 1.89 bits per heavy atom. The highest BCUT2D eigenvalue weighted by Crippen LogP contribution is 2.25. The van der Waals surface area contributed by atoms with Gasteiger partial charge in [0.15, 0.2) is 0 Å². The predicted molar refractivity (Wildman–Crippen MR) is 74.1 cm³/mol. The summed E-state index contributed by atoms with van der Waals surface area (Å²) < 4.78 is 5.55. The van der Waals surface area contributed by atoms with Gasteiger partial charge in [0.05, 0.1) is 17.2 Å². The first-order valence-electron chi connectivity index (χ1n) is 5.86. The topological polar surface area (TPSA) is 46.5 Å². The minimum atomic E-state index is -1.00. The number of ether oxygens (including phenoxy) is 1. The molecule has 0 saturated carbocycles. The number of carboxylic acids is 1. The SMILES string of the molecule is O=C(O)c1ccc(OCCc2ccccc2)c(Cl)c1. The molecule has 0 aromatic heterocycles. The molecule has 2 aromatic carbocycles. The lowest BCUT2D eigenvalue weighted by Gasteiger charge is -2.08. The Labute approximate surface area is 116 Å². The van der Waals surface area contributed by atoms with Crippen molar-refractivity contribution < 1.29 is 14.6 Å². The second-order valence-corrected chi connectivity index (χ2v) is 4.44. The number of carboxylic acid groups (broad SMARTS) is 1. The van der Waals surface area contributed by atoms with E-state index in [-0.39, 0.29) is 5.56 Å². The maximum Gasteiger partial charge on any atom is 0.335 e. The molecule has 0 heterocycles. The minimum Gasteiger partial charge on any atom is -0.492 e. The summed E-state index contributed by atoms with van der Waals surface area (Å²) in [7, 11) is 0. The number of hydrogen-bond acceptors (Lipinski definition) is 2. The van der Waals surface area contributed by atoms with E-state index >= 15 is 0 Å². The van der Waals surface area contributed by atoms with Gasteiger partial charge in [0.25, 0.3) is 0 Å². The van der Waals surface area contributed by atoms with Crippen LogP contribution in [-0.2, 0) is 6.42 Å². The molecule has 0 radical (unpaired) electrons. The van der Waals surface area contributed by atoms with Crippen LogP contribution in [0.3, 0.4) is 0 Å². The molecule has 0 saturated heterocycles. The van der Waals surface area contributed by atoms with Crippen molar-refractivity contribution in [1.29, 1.82) is 0 Å². The van der Waals surface area contributed by atoms with Gasteiger partial charge in [0, 0.05) is 6.42 Å². The van der Waals surface area contributed by atoms with Crippen LogP contribution in [0.1, 0.15) is 15.9 Å². The molecule has 0 spiro atoms. The monoisotopic (exact) mass is 276 g/mol. The molecule has 2 rings (SSSR count). The lowest BCUT2D eigenvalue weighted by molar-refractivity contribution is 0.0697. The summed E-state index contributed by atoms with van der Waals surface area (Å²) in [6.45, 7) is 0.496. The second-order valence-electron chi connectivity index (χ2n) is 4.03. The van der Waals surface area contributed by atoms with Crippen LogP contribution in [0.4, 0.5) is 0 Å². The fourth-order valence-electron chi connectivity index (χ4n) is 1.67. The Morgan fingerprint density at radius 3 is 2.53 bits per heavy atom. The number of rotatable bonds is 5. The van der Waals surface area contributed by atoms with Gasteiger partial charge in [-0.05, 0) is 23.8 Å². The van der Waals surface area contributed by atoms with Gasteiger partial charge in [0.1, 0.15) is 5.75 Å². The van der Waals surface area contributed by atoms with E-state index in [1.165, 1.54) is 17.7 Å². The number of hydrogen-bond donors (Lipinski definition) is 1. The zero-order chi connectivity index (χ0) is 13.7. The maximum absolute atomic E-state index is 10.8. The van der Waals surface area contributed by atoms with Crippen molar-refractivity contribution in [3.63, 3.8) is 0 Å². The van der Waals surface area contributed by atoms with Gasteiger partial charge in [-0.3, -0.25) is 0 Å². The third-order valence-electron chi connectivity index (χ3n) is 2.67. The first-order valence-corrected chi connectivity index (χ1v) is 6.24. The van der Waals surface area contributed by atoms with Crippen LogP contribution in [0.5, 0.6) is 5.75 Å². The largest absolute Gasteiger partial charge is 0.492 e. The summed E-state index contributed by atoms with van der Waals surface area (Å²) in [5.74, 6) is -0.500. The van der Waals surface area contributed by atoms with Crippen molar-refractivity contribution in [2.45, 2.75) is 6.42 Å². The van der Waals surface area contributed by atoms with E-state index in [0.717, 1.165) is 6.42 Å². The Hall–Kier alpha value is -2.00. The molecule has 0 unspecified atom stereocenters. The first kappa shape index (κ1) is 13.4. The number of aromatic carboxylic acids is 1. The molecule has 0 aliphatic carbocycles. The lowest BCUT2D eigenvalue weighted by atomic mass is 10.2. The summed E-state index contributed by atoms with van der Waals surface area (Å²) in [6.07, 6.45) is 0.776. The molecule has 0 amide bonds. The van der Waals surface area contributed by atoms with Gasteiger partial charge in [-0.1, -0.05) is 41.9 Å². The molecule has 4 heteroatoms. The Kier molecular flexibility index (Phi) is 4.42. The molecule has 98 valence electrons. The zero-order valence-corrected chi connectivity index (χ0v) is 10.9. The van der Waals surface area contributed by atoms with Crippen LogP contribution in [0.2, 0.25) is 5.02 Å². The molecule has 2 aromatic rings. The summed E-state index contributed by atoms with van der Waals surface area (Å²) in [6, 6.07) is 14.4. The molecule has 1 N–H and O–H groups in total. The minimum absolute atomic E-state index is 0.153. The van der Waals surface area contributed by atoms with Gasteiger partial charge < -0.3 is 9.84 Å². The standard InChI is InChI=1S/C15H13ClO3/c16-13-10-12(15(17)18)6-7-14(13)19-9-8-11-4-2-1-3-5-11/h1-7,10H,8-9H2,(H,17,18). The maximum atomic E-state index is 10.8. The van der Waals surface area contributed by atoms with Crippen molar-refractivity contribution in [2.75, 3.05) is 6.61 Å². The fourth-order valence-corrected chi connectivity index (χ4v) is 1.91. The van der Waals surface area contributed by atoms with Crippen molar-refractivity contribution in [1.82, 2.24) is 0 Å². The Balaban J connectivity index is 1.95. The summed E-state index contributed by atoms with van der Waals surface area (Å²) in [5.41, 5.74) is 1.33. The van der Waals surface area contributed by atoms with Gasteiger partial charge in [-0.15, -0.1) is 0 Å².